The molecule has 1 aromatic heterocycles. The van der Waals surface area contributed by atoms with Gasteiger partial charge in [-0.05, 0) is 48.7 Å². The monoisotopic (exact) mass is 372 g/mol. The van der Waals surface area contributed by atoms with Crippen LogP contribution in [0, 0.1) is 18.6 Å². The lowest BCUT2D eigenvalue weighted by Gasteiger charge is -2.09. The van der Waals surface area contributed by atoms with Crippen LogP contribution in [0.5, 0.6) is 11.6 Å². The summed E-state index contributed by atoms with van der Waals surface area (Å²) in [4.78, 5) is 8.77. The van der Waals surface area contributed by atoms with Gasteiger partial charge in [-0.2, -0.15) is 4.98 Å². The average Bonchev–Trinajstić information content (AvgIpc) is 2.62. The fourth-order valence-corrected chi connectivity index (χ4v) is 3.20. The number of rotatable bonds is 6. The first-order valence-corrected chi connectivity index (χ1v) is 9.21. The van der Waals surface area contributed by atoms with Gasteiger partial charge in [0.15, 0.2) is 16.8 Å². The van der Waals surface area contributed by atoms with E-state index < -0.39 is 11.6 Å². The second-order valence-electron chi connectivity index (χ2n) is 5.77. The molecule has 2 aromatic carbocycles. The first-order valence-electron chi connectivity index (χ1n) is 8.22. The lowest BCUT2D eigenvalue weighted by atomic mass is 10.2. The van der Waals surface area contributed by atoms with E-state index in [0.29, 0.717) is 22.4 Å². The van der Waals surface area contributed by atoms with Gasteiger partial charge in [0.25, 0.3) is 0 Å². The maximum absolute atomic E-state index is 13.3. The number of hydrogen-bond acceptors (Lipinski definition) is 4. The molecule has 0 radical (unpaired) electrons. The van der Waals surface area contributed by atoms with Gasteiger partial charge in [-0.25, -0.2) is 13.8 Å². The second-order valence-corrected chi connectivity index (χ2v) is 6.71. The zero-order valence-corrected chi connectivity index (χ0v) is 15.3. The maximum Gasteiger partial charge on any atom is 0.223 e. The van der Waals surface area contributed by atoms with Gasteiger partial charge in [-0.15, -0.1) is 0 Å². The van der Waals surface area contributed by atoms with E-state index in [4.69, 9.17) is 4.74 Å². The summed E-state index contributed by atoms with van der Waals surface area (Å²) in [5.74, 6) is -0.0908. The molecule has 134 valence electrons. The molecule has 0 atom stereocenters. The lowest BCUT2D eigenvalue weighted by molar-refractivity contribution is 0.454. The Morgan fingerprint density at radius 3 is 2.58 bits per heavy atom. The summed E-state index contributed by atoms with van der Waals surface area (Å²) in [5, 5.41) is 0.524. The second kappa shape index (κ2) is 8.27. The average molecular weight is 372 g/mol. The fourth-order valence-electron chi connectivity index (χ4n) is 2.36. The summed E-state index contributed by atoms with van der Waals surface area (Å²) in [6, 6.07) is 13.5. The molecular formula is C20H18F2N2OS. The van der Waals surface area contributed by atoms with Crippen molar-refractivity contribution in [2.75, 3.05) is 0 Å². The van der Waals surface area contributed by atoms with Crippen molar-refractivity contribution >= 4 is 11.8 Å². The first kappa shape index (κ1) is 18.3. The number of ether oxygens (including phenoxy) is 1. The molecule has 0 saturated carbocycles. The molecule has 0 unspecified atom stereocenters. The number of hydrogen-bond donors (Lipinski definition) is 0. The van der Waals surface area contributed by atoms with Gasteiger partial charge in [-0.3, -0.25) is 0 Å². The van der Waals surface area contributed by atoms with Gasteiger partial charge in [0.2, 0.25) is 5.88 Å². The predicted molar refractivity (Wildman–Crippen MR) is 98.6 cm³/mol. The quantitative estimate of drug-likeness (QED) is 0.410. The highest BCUT2D eigenvalue weighted by atomic mass is 32.2. The Morgan fingerprint density at radius 2 is 1.81 bits per heavy atom. The molecule has 1 heterocycles. The van der Waals surface area contributed by atoms with Crippen molar-refractivity contribution in [1.29, 1.82) is 0 Å². The largest absolute Gasteiger partial charge is 0.439 e. The van der Waals surface area contributed by atoms with Crippen molar-refractivity contribution in [3.05, 3.63) is 77.0 Å². The Balaban J connectivity index is 1.73. The molecule has 0 saturated heterocycles. The van der Waals surface area contributed by atoms with Gasteiger partial charge in [-0.1, -0.05) is 36.9 Å². The van der Waals surface area contributed by atoms with Gasteiger partial charge in [0, 0.05) is 17.5 Å². The summed E-state index contributed by atoms with van der Waals surface area (Å²) in [6.07, 6.45) is 0.926. The van der Waals surface area contributed by atoms with Crippen LogP contribution < -0.4 is 4.74 Å². The molecular weight excluding hydrogens is 354 g/mol. The summed E-state index contributed by atoms with van der Waals surface area (Å²) in [5.41, 5.74) is 2.62. The van der Waals surface area contributed by atoms with E-state index in [2.05, 4.69) is 16.9 Å². The minimum absolute atomic E-state index is 0.436. The highest BCUT2D eigenvalue weighted by Crippen LogP contribution is 2.26. The van der Waals surface area contributed by atoms with E-state index in [1.54, 1.807) is 12.1 Å². The van der Waals surface area contributed by atoms with Crippen molar-refractivity contribution in [2.24, 2.45) is 0 Å². The Hall–Kier alpha value is -2.47. The van der Waals surface area contributed by atoms with Gasteiger partial charge in [0.1, 0.15) is 5.75 Å². The summed E-state index contributed by atoms with van der Waals surface area (Å²) in [7, 11) is 0. The van der Waals surface area contributed by atoms with Crippen molar-refractivity contribution in [3.63, 3.8) is 0 Å². The molecule has 0 amide bonds. The minimum atomic E-state index is -0.854. The molecule has 0 fully saturated rings. The zero-order chi connectivity index (χ0) is 18.5. The van der Waals surface area contributed by atoms with Crippen LogP contribution >= 0.6 is 11.8 Å². The van der Waals surface area contributed by atoms with E-state index in [1.165, 1.54) is 23.4 Å². The molecule has 0 aliphatic rings. The van der Waals surface area contributed by atoms with Crippen molar-refractivity contribution in [1.82, 2.24) is 9.97 Å². The van der Waals surface area contributed by atoms with E-state index in [9.17, 15) is 8.78 Å². The van der Waals surface area contributed by atoms with Crippen LogP contribution in [0.15, 0.2) is 53.7 Å². The van der Waals surface area contributed by atoms with Crippen LogP contribution in [0.4, 0.5) is 8.78 Å². The maximum atomic E-state index is 13.3. The van der Waals surface area contributed by atoms with Crippen molar-refractivity contribution < 1.29 is 13.5 Å². The van der Waals surface area contributed by atoms with Gasteiger partial charge < -0.3 is 4.74 Å². The molecule has 0 bridgehead atoms. The number of aryl methyl sites for hydroxylation is 2. The Morgan fingerprint density at radius 1 is 0.962 bits per heavy atom. The fraction of sp³-hybridized carbons (Fsp3) is 0.200. The Kier molecular flexibility index (Phi) is 5.83. The molecule has 3 nitrogen and oxygen atoms in total. The lowest BCUT2D eigenvalue weighted by Crippen LogP contribution is -1.96. The van der Waals surface area contributed by atoms with E-state index in [1.807, 2.05) is 31.2 Å². The molecule has 0 N–H and O–H groups in total. The van der Waals surface area contributed by atoms with E-state index in [0.717, 1.165) is 23.9 Å². The SMILES string of the molecule is CCc1cccc(Oc2cc(C)nc(SCc3ccc(F)c(F)c3)n2)c1. The third kappa shape index (κ3) is 4.79. The topological polar surface area (TPSA) is 35.0 Å². The van der Waals surface area contributed by atoms with E-state index >= 15 is 0 Å². The molecule has 26 heavy (non-hydrogen) atoms. The normalized spacial score (nSPS) is 10.8. The number of benzene rings is 2. The van der Waals surface area contributed by atoms with Crippen LogP contribution in [0.3, 0.4) is 0 Å². The minimum Gasteiger partial charge on any atom is -0.439 e. The number of halogens is 2. The number of thioether (sulfide) groups is 1. The predicted octanol–water partition coefficient (Wildman–Crippen LogP) is 5.71. The smallest absolute Gasteiger partial charge is 0.223 e. The molecule has 0 aliphatic carbocycles. The van der Waals surface area contributed by atoms with Crippen LogP contribution in [0.25, 0.3) is 0 Å². The van der Waals surface area contributed by atoms with Crippen LogP contribution in [0.1, 0.15) is 23.7 Å². The van der Waals surface area contributed by atoms with Crippen molar-refractivity contribution in [2.45, 2.75) is 31.2 Å². The number of aromatic nitrogens is 2. The van der Waals surface area contributed by atoms with Crippen LogP contribution in [-0.2, 0) is 12.2 Å². The Bertz CT molecular complexity index is 918. The molecule has 0 aliphatic heterocycles. The molecule has 0 spiro atoms. The molecule has 6 heteroatoms. The zero-order valence-electron chi connectivity index (χ0n) is 14.5. The standard InChI is InChI=1S/C20H18F2N2OS/c1-3-14-5-4-6-16(10-14)25-19-9-13(2)23-20(24-19)26-12-15-7-8-17(21)18(22)11-15/h4-11H,3,12H2,1-2H3. The summed E-state index contributed by atoms with van der Waals surface area (Å²) >= 11 is 1.34. The van der Waals surface area contributed by atoms with E-state index in [-0.39, 0.29) is 0 Å². The first-order chi connectivity index (χ1) is 12.5. The summed E-state index contributed by atoms with van der Waals surface area (Å²) in [6.45, 7) is 3.94. The number of nitrogens with zero attached hydrogens (tertiary/aromatic N) is 2. The van der Waals surface area contributed by atoms with Gasteiger partial charge >= 0.3 is 0 Å². The van der Waals surface area contributed by atoms with Crippen molar-refractivity contribution in [3.8, 4) is 11.6 Å². The van der Waals surface area contributed by atoms with Crippen LogP contribution in [0.2, 0.25) is 0 Å². The Labute approximate surface area is 155 Å². The third-order valence-corrected chi connectivity index (χ3v) is 4.61. The third-order valence-electron chi connectivity index (χ3n) is 3.69. The van der Waals surface area contributed by atoms with Gasteiger partial charge in [0.05, 0.1) is 0 Å². The highest BCUT2D eigenvalue weighted by Gasteiger charge is 2.08. The highest BCUT2D eigenvalue weighted by molar-refractivity contribution is 7.98. The van der Waals surface area contributed by atoms with Crippen LogP contribution in [-0.4, -0.2) is 9.97 Å². The molecule has 3 aromatic rings. The molecule has 3 rings (SSSR count). The summed E-state index contributed by atoms with van der Waals surface area (Å²) < 4.78 is 32.2.